The first-order valence-electron chi connectivity index (χ1n) is 5.36. The van der Waals surface area contributed by atoms with Gasteiger partial charge in [0.1, 0.15) is 17.7 Å². The molecule has 0 amide bonds. The van der Waals surface area contributed by atoms with Gasteiger partial charge in [0.05, 0.1) is 0 Å². The number of hydrogen-bond donors (Lipinski definition) is 1. The van der Waals surface area contributed by atoms with E-state index in [0.717, 1.165) is 18.2 Å². The van der Waals surface area contributed by atoms with E-state index in [0.29, 0.717) is 0 Å². The van der Waals surface area contributed by atoms with Crippen molar-refractivity contribution < 1.29 is 18.7 Å². The third-order valence-electron chi connectivity index (χ3n) is 2.43. The summed E-state index contributed by atoms with van der Waals surface area (Å²) in [7, 11) is 0. The van der Waals surface area contributed by atoms with Crippen molar-refractivity contribution in [3.05, 3.63) is 35.4 Å². The highest BCUT2D eigenvalue weighted by Crippen LogP contribution is 2.21. The second kappa shape index (κ2) is 4.92. The molecule has 1 aromatic carbocycles. The molecule has 0 aromatic heterocycles. The molecule has 0 heterocycles. The van der Waals surface area contributed by atoms with E-state index < -0.39 is 28.9 Å². The van der Waals surface area contributed by atoms with Crippen LogP contribution in [0.25, 0.3) is 0 Å². The van der Waals surface area contributed by atoms with Crippen LogP contribution in [0.1, 0.15) is 26.3 Å². The SMILES string of the molecule is CC(C)(C)C(O)C(=O)Cc1cc(F)cc(F)c1. The summed E-state index contributed by atoms with van der Waals surface area (Å²) in [6, 6.07) is 2.93. The molecule has 4 heteroatoms. The number of ketones is 1. The molecule has 0 fully saturated rings. The molecule has 1 N–H and O–H groups in total. The Balaban J connectivity index is 2.81. The van der Waals surface area contributed by atoms with Gasteiger partial charge in [-0.1, -0.05) is 20.8 Å². The van der Waals surface area contributed by atoms with Crippen molar-refractivity contribution in [1.82, 2.24) is 0 Å². The van der Waals surface area contributed by atoms with Gasteiger partial charge >= 0.3 is 0 Å². The minimum absolute atomic E-state index is 0.173. The number of Topliss-reactive ketones (excluding diaryl/α,β-unsaturated/α-hetero) is 1. The van der Waals surface area contributed by atoms with Crippen molar-refractivity contribution in [1.29, 1.82) is 0 Å². The highest BCUT2D eigenvalue weighted by molar-refractivity contribution is 5.85. The lowest BCUT2D eigenvalue weighted by Gasteiger charge is -2.24. The number of carbonyl (C=O) groups is 1. The lowest BCUT2D eigenvalue weighted by molar-refractivity contribution is -0.131. The van der Waals surface area contributed by atoms with Gasteiger partial charge < -0.3 is 5.11 Å². The lowest BCUT2D eigenvalue weighted by Crippen LogP contribution is -2.35. The van der Waals surface area contributed by atoms with Crippen LogP contribution in [-0.4, -0.2) is 17.0 Å². The van der Waals surface area contributed by atoms with Gasteiger partial charge in [-0.3, -0.25) is 4.79 Å². The minimum Gasteiger partial charge on any atom is -0.385 e. The van der Waals surface area contributed by atoms with Crippen LogP contribution in [0.5, 0.6) is 0 Å². The van der Waals surface area contributed by atoms with Gasteiger partial charge in [0.15, 0.2) is 5.78 Å². The summed E-state index contributed by atoms with van der Waals surface area (Å²) < 4.78 is 25.8. The van der Waals surface area contributed by atoms with Crippen LogP contribution in [0, 0.1) is 17.0 Å². The summed E-state index contributed by atoms with van der Waals surface area (Å²) >= 11 is 0. The van der Waals surface area contributed by atoms with Crippen molar-refractivity contribution in [3.8, 4) is 0 Å². The number of halogens is 2. The molecule has 0 aliphatic heterocycles. The summed E-state index contributed by atoms with van der Waals surface area (Å²) in [5.74, 6) is -1.89. The first-order chi connectivity index (χ1) is 7.70. The Morgan fingerprint density at radius 1 is 1.24 bits per heavy atom. The summed E-state index contributed by atoms with van der Waals surface area (Å²) in [6.07, 6.45) is -1.32. The van der Waals surface area contributed by atoms with Crippen molar-refractivity contribution in [3.63, 3.8) is 0 Å². The Labute approximate surface area is 99.3 Å². The van der Waals surface area contributed by atoms with E-state index in [9.17, 15) is 18.7 Å². The Morgan fingerprint density at radius 2 is 1.71 bits per heavy atom. The van der Waals surface area contributed by atoms with Crippen LogP contribution >= 0.6 is 0 Å². The van der Waals surface area contributed by atoms with E-state index in [1.54, 1.807) is 20.8 Å². The number of carbonyl (C=O) groups excluding carboxylic acids is 1. The largest absolute Gasteiger partial charge is 0.385 e. The monoisotopic (exact) mass is 242 g/mol. The molecule has 1 atom stereocenters. The molecule has 0 aliphatic carbocycles. The number of rotatable bonds is 3. The number of aliphatic hydroxyl groups excluding tert-OH is 1. The van der Waals surface area contributed by atoms with E-state index in [1.165, 1.54) is 0 Å². The first kappa shape index (κ1) is 13.8. The number of benzene rings is 1. The van der Waals surface area contributed by atoms with Gasteiger partial charge in [-0.2, -0.15) is 0 Å². The molecule has 0 saturated heterocycles. The smallest absolute Gasteiger partial charge is 0.166 e. The molecular weight excluding hydrogens is 226 g/mol. The maximum absolute atomic E-state index is 12.9. The minimum atomic E-state index is -1.14. The summed E-state index contributed by atoms with van der Waals surface area (Å²) in [6.45, 7) is 5.17. The van der Waals surface area contributed by atoms with Crippen LogP contribution in [-0.2, 0) is 11.2 Å². The molecule has 1 aromatic rings. The second-order valence-corrected chi connectivity index (χ2v) is 5.19. The standard InChI is InChI=1S/C13H16F2O2/c1-13(2,3)12(17)11(16)6-8-4-9(14)7-10(15)5-8/h4-5,7,12,17H,6H2,1-3H3. The average molecular weight is 242 g/mol. The van der Waals surface area contributed by atoms with Crippen LogP contribution < -0.4 is 0 Å². The zero-order chi connectivity index (χ0) is 13.2. The molecule has 1 unspecified atom stereocenters. The van der Waals surface area contributed by atoms with E-state index in [1.807, 2.05) is 0 Å². The van der Waals surface area contributed by atoms with Gasteiger partial charge in [0.25, 0.3) is 0 Å². The fourth-order valence-electron chi connectivity index (χ4n) is 1.49. The molecule has 1 rings (SSSR count). The Kier molecular flexibility index (Phi) is 3.98. The van der Waals surface area contributed by atoms with Crippen molar-refractivity contribution in [2.45, 2.75) is 33.3 Å². The quantitative estimate of drug-likeness (QED) is 0.884. The molecule has 0 bridgehead atoms. The molecule has 94 valence electrons. The Bertz CT molecular complexity index is 402. The first-order valence-corrected chi connectivity index (χ1v) is 5.36. The van der Waals surface area contributed by atoms with Crippen LogP contribution in [0.15, 0.2) is 18.2 Å². The summed E-state index contributed by atoms with van der Waals surface area (Å²) in [5.41, 5.74) is -0.348. The summed E-state index contributed by atoms with van der Waals surface area (Å²) in [5, 5.41) is 9.72. The normalized spacial score (nSPS) is 13.5. The maximum Gasteiger partial charge on any atom is 0.166 e. The third kappa shape index (κ3) is 3.89. The van der Waals surface area contributed by atoms with Crippen molar-refractivity contribution in [2.24, 2.45) is 5.41 Å². The van der Waals surface area contributed by atoms with Crippen LogP contribution in [0.2, 0.25) is 0 Å². The maximum atomic E-state index is 12.9. The van der Waals surface area contributed by atoms with E-state index in [4.69, 9.17) is 0 Å². The van der Waals surface area contributed by atoms with Crippen LogP contribution in [0.3, 0.4) is 0 Å². The summed E-state index contributed by atoms with van der Waals surface area (Å²) in [4.78, 5) is 11.7. The molecule has 0 saturated carbocycles. The average Bonchev–Trinajstić information content (AvgIpc) is 2.13. The van der Waals surface area contributed by atoms with E-state index in [-0.39, 0.29) is 12.0 Å². The molecular formula is C13H16F2O2. The second-order valence-electron chi connectivity index (χ2n) is 5.19. The fourth-order valence-corrected chi connectivity index (χ4v) is 1.49. The van der Waals surface area contributed by atoms with E-state index >= 15 is 0 Å². The van der Waals surface area contributed by atoms with E-state index in [2.05, 4.69) is 0 Å². The van der Waals surface area contributed by atoms with Gasteiger partial charge in [-0.05, 0) is 23.1 Å². The number of hydrogen-bond acceptors (Lipinski definition) is 2. The Hall–Kier alpha value is -1.29. The van der Waals surface area contributed by atoms with Crippen LogP contribution in [0.4, 0.5) is 8.78 Å². The van der Waals surface area contributed by atoms with Gasteiger partial charge in [0.2, 0.25) is 0 Å². The number of aliphatic hydroxyl groups is 1. The molecule has 2 nitrogen and oxygen atoms in total. The third-order valence-corrected chi connectivity index (χ3v) is 2.43. The van der Waals surface area contributed by atoms with Gasteiger partial charge in [-0.25, -0.2) is 8.78 Å². The van der Waals surface area contributed by atoms with Crippen molar-refractivity contribution >= 4 is 5.78 Å². The van der Waals surface area contributed by atoms with Crippen molar-refractivity contribution in [2.75, 3.05) is 0 Å². The fraction of sp³-hybridized carbons (Fsp3) is 0.462. The predicted octanol–water partition coefficient (Wildman–Crippen LogP) is 2.48. The van der Waals surface area contributed by atoms with Gasteiger partial charge in [-0.15, -0.1) is 0 Å². The predicted molar refractivity (Wildman–Crippen MR) is 60.5 cm³/mol. The highest BCUT2D eigenvalue weighted by Gasteiger charge is 2.28. The molecule has 0 radical (unpaired) electrons. The van der Waals surface area contributed by atoms with Gasteiger partial charge in [0, 0.05) is 12.5 Å². The molecule has 17 heavy (non-hydrogen) atoms. The molecule has 0 aliphatic rings. The lowest BCUT2D eigenvalue weighted by atomic mass is 9.85. The zero-order valence-electron chi connectivity index (χ0n) is 10.1. The molecule has 0 spiro atoms. The Morgan fingerprint density at radius 3 is 2.12 bits per heavy atom. The topological polar surface area (TPSA) is 37.3 Å². The highest BCUT2D eigenvalue weighted by atomic mass is 19.1. The zero-order valence-corrected chi connectivity index (χ0v) is 10.1.